The van der Waals surface area contributed by atoms with Crippen molar-refractivity contribution in [1.29, 1.82) is 0 Å². The second-order valence-corrected chi connectivity index (χ2v) is 14.0. The molecular formula is C51H33N5. The molecular weight excluding hydrogens is 683 g/mol. The predicted molar refractivity (Wildman–Crippen MR) is 230 cm³/mol. The summed E-state index contributed by atoms with van der Waals surface area (Å²) in [6.07, 6.45) is 0. The minimum Gasteiger partial charge on any atom is -0.308 e. The minimum absolute atomic E-state index is 0.577. The average Bonchev–Trinajstić information content (AvgIpc) is 3.78. The molecule has 0 saturated carbocycles. The number of benzene rings is 8. The largest absolute Gasteiger partial charge is 0.308 e. The molecule has 11 aromatic rings. The Morgan fingerprint density at radius 3 is 1.16 bits per heavy atom. The molecule has 0 spiro atoms. The van der Waals surface area contributed by atoms with E-state index in [9.17, 15) is 0 Å². The van der Waals surface area contributed by atoms with E-state index in [1.54, 1.807) is 0 Å². The van der Waals surface area contributed by atoms with Crippen LogP contribution in [0.2, 0.25) is 0 Å². The summed E-state index contributed by atoms with van der Waals surface area (Å²) in [7, 11) is 0. The van der Waals surface area contributed by atoms with E-state index < -0.39 is 0 Å². The molecule has 5 heteroatoms. The predicted octanol–water partition coefficient (Wildman–Crippen LogP) is 12.7. The lowest BCUT2D eigenvalue weighted by Crippen LogP contribution is -2.06. The van der Waals surface area contributed by atoms with Crippen LogP contribution in [0.4, 0.5) is 0 Å². The molecule has 3 aromatic heterocycles. The summed E-state index contributed by atoms with van der Waals surface area (Å²) in [6, 6.07) is 70.5. The van der Waals surface area contributed by atoms with Gasteiger partial charge in [-0.15, -0.1) is 0 Å². The molecule has 0 aliphatic rings. The van der Waals surface area contributed by atoms with Gasteiger partial charge >= 0.3 is 0 Å². The van der Waals surface area contributed by atoms with Gasteiger partial charge < -0.3 is 4.57 Å². The third-order valence-electron chi connectivity index (χ3n) is 10.8. The Kier molecular flexibility index (Phi) is 7.42. The standard InChI is InChI=1S/C51H33N5/c1-5-18-34(19-6-1)38-28-17-29-39(35-20-7-2-8-21-35)48(38)55-44-30-15-13-26-40(44)42-33-47-43(32-46(42)55)41-27-14-16-31-45(41)56(47)51-53-49(36-22-9-3-10-23-36)52-50(54-51)37-24-11-4-12-25-37/h1-33H. The fourth-order valence-corrected chi connectivity index (χ4v) is 8.27. The van der Waals surface area contributed by atoms with Crippen molar-refractivity contribution in [2.75, 3.05) is 0 Å². The first-order valence-corrected chi connectivity index (χ1v) is 18.9. The van der Waals surface area contributed by atoms with Crippen LogP contribution in [0, 0.1) is 0 Å². The summed E-state index contributed by atoms with van der Waals surface area (Å²) < 4.78 is 4.69. The Labute approximate surface area is 323 Å². The van der Waals surface area contributed by atoms with Crippen molar-refractivity contribution in [3.8, 4) is 56.7 Å². The maximum absolute atomic E-state index is 5.19. The lowest BCUT2D eigenvalue weighted by Gasteiger charge is -2.19. The van der Waals surface area contributed by atoms with Crippen molar-refractivity contribution in [2.24, 2.45) is 0 Å². The summed E-state index contributed by atoms with van der Waals surface area (Å²) in [5, 5.41) is 4.58. The van der Waals surface area contributed by atoms with E-state index in [0.29, 0.717) is 17.6 Å². The normalized spacial score (nSPS) is 11.6. The highest BCUT2D eigenvalue weighted by Crippen LogP contribution is 2.44. The zero-order valence-corrected chi connectivity index (χ0v) is 30.3. The summed E-state index contributed by atoms with van der Waals surface area (Å²) in [4.78, 5) is 15.4. The Morgan fingerprint density at radius 2 is 0.679 bits per heavy atom. The summed E-state index contributed by atoms with van der Waals surface area (Å²) in [6.45, 7) is 0. The molecule has 8 aromatic carbocycles. The zero-order valence-electron chi connectivity index (χ0n) is 30.3. The molecule has 56 heavy (non-hydrogen) atoms. The van der Waals surface area contributed by atoms with Gasteiger partial charge in [0.2, 0.25) is 5.95 Å². The smallest absolute Gasteiger partial charge is 0.238 e. The van der Waals surface area contributed by atoms with Crippen molar-refractivity contribution in [3.63, 3.8) is 0 Å². The summed E-state index contributed by atoms with van der Waals surface area (Å²) >= 11 is 0. The van der Waals surface area contributed by atoms with Crippen molar-refractivity contribution in [1.82, 2.24) is 24.1 Å². The number of nitrogens with zero attached hydrogens (tertiary/aromatic N) is 5. The number of aromatic nitrogens is 5. The molecule has 0 unspecified atom stereocenters. The number of para-hydroxylation sites is 3. The maximum atomic E-state index is 5.19. The van der Waals surface area contributed by atoms with Gasteiger partial charge in [-0.1, -0.05) is 176 Å². The summed E-state index contributed by atoms with van der Waals surface area (Å²) in [5.74, 6) is 1.83. The van der Waals surface area contributed by atoms with Crippen molar-refractivity contribution < 1.29 is 0 Å². The maximum Gasteiger partial charge on any atom is 0.238 e. The number of hydrogen-bond acceptors (Lipinski definition) is 3. The number of fused-ring (bicyclic) bond motifs is 6. The molecule has 0 fully saturated rings. The number of rotatable bonds is 6. The Balaban J connectivity index is 1.25. The second-order valence-electron chi connectivity index (χ2n) is 14.0. The van der Waals surface area contributed by atoms with Gasteiger partial charge in [-0.2, -0.15) is 9.97 Å². The topological polar surface area (TPSA) is 48.5 Å². The molecule has 0 bridgehead atoms. The Hall–Kier alpha value is -7.63. The SMILES string of the molecule is c1ccc(-c2nc(-c3ccccc3)nc(-n3c4ccccc4c4cc5c(cc43)c3ccccc3n5-c3c(-c4ccccc4)cccc3-c3ccccc3)n2)cc1. The van der Waals surface area contributed by atoms with Gasteiger partial charge in [0.25, 0.3) is 0 Å². The van der Waals surface area contributed by atoms with Crippen LogP contribution < -0.4 is 0 Å². The van der Waals surface area contributed by atoms with Crippen LogP contribution in [0.25, 0.3) is 100 Å². The fraction of sp³-hybridized carbons (Fsp3) is 0. The third kappa shape index (κ3) is 5.13. The lowest BCUT2D eigenvalue weighted by molar-refractivity contribution is 0.954. The molecule has 0 aliphatic heterocycles. The van der Waals surface area contributed by atoms with Crippen LogP contribution in [0.1, 0.15) is 0 Å². The van der Waals surface area contributed by atoms with E-state index in [0.717, 1.165) is 55.0 Å². The van der Waals surface area contributed by atoms with Crippen molar-refractivity contribution in [2.45, 2.75) is 0 Å². The van der Waals surface area contributed by atoms with E-state index in [4.69, 9.17) is 15.0 Å². The molecule has 5 nitrogen and oxygen atoms in total. The first kappa shape index (κ1) is 31.9. The highest BCUT2D eigenvalue weighted by Gasteiger charge is 2.23. The van der Waals surface area contributed by atoms with Crippen LogP contribution in [0.15, 0.2) is 200 Å². The Bertz CT molecular complexity index is 3110. The molecule has 262 valence electrons. The molecule has 11 rings (SSSR count). The molecule has 0 N–H and O–H groups in total. The van der Waals surface area contributed by atoms with Crippen LogP contribution in [-0.4, -0.2) is 24.1 Å². The molecule has 0 saturated heterocycles. The van der Waals surface area contributed by atoms with E-state index >= 15 is 0 Å². The molecule has 0 radical (unpaired) electrons. The first-order chi connectivity index (χ1) is 27.8. The fourth-order valence-electron chi connectivity index (χ4n) is 8.27. The molecule has 3 heterocycles. The highest BCUT2D eigenvalue weighted by molar-refractivity contribution is 6.19. The quantitative estimate of drug-likeness (QED) is 0.172. The highest BCUT2D eigenvalue weighted by atomic mass is 15.2. The summed E-state index contributed by atoms with van der Waals surface area (Å²) in [5.41, 5.74) is 12.0. The van der Waals surface area contributed by atoms with Gasteiger partial charge in [0.15, 0.2) is 11.6 Å². The van der Waals surface area contributed by atoms with Crippen LogP contribution in [0.3, 0.4) is 0 Å². The average molecular weight is 716 g/mol. The van der Waals surface area contributed by atoms with Gasteiger partial charge in [-0.05, 0) is 35.4 Å². The van der Waals surface area contributed by atoms with Gasteiger partial charge in [0.05, 0.1) is 27.8 Å². The molecule has 0 aliphatic carbocycles. The molecule has 0 atom stereocenters. The van der Waals surface area contributed by atoms with Gasteiger partial charge in [-0.3, -0.25) is 4.57 Å². The van der Waals surface area contributed by atoms with Gasteiger partial charge in [0.1, 0.15) is 0 Å². The zero-order chi connectivity index (χ0) is 37.0. The van der Waals surface area contributed by atoms with Crippen molar-refractivity contribution in [3.05, 3.63) is 200 Å². The van der Waals surface area contributed by atoms with Gasteiger partial charge in [-0.25, -0.2) is 4.98 Å². The van der Waals surface area contributed by atoms with Crippen LogP contribution >= 0.6 is 0 Å². The van der Waals surface area contributed by atoms with E-state index in [1.165, 1.54) is 27.6 Å². The van der Waals surface area contributed by atoms with Gasteiger partial charge in [0, 0.05) is 43.8 Å². The molecule has 0 amide bonds. The van der Waals surface area contributed by atoms with Crippen molar-refractivity contribution >= 4 is 43.6 Å². The first-order valence-electron chi connectivity index (χ1n) is 18.9. The monoisotopic (exact) mass is 715 g/mol. The lowest BCUT2D eigenvalue weighted by atomic mass is 9.95. The Morgan fingerprint density at radius 1 is 0.286 bits per heavy atom. The third-order valence-corrected chi connectivity index (χ3v) is 10.8. The second kappa shape index (κ2) is 13.0. The van der Waals surface area contributed by atoms with Crippen LogP contribution in [0.5, 0.6) is 0 Å². The van der Waals surface area contributed by atoms with Crippen LogP contribution in [-0.2, 0) is 0 Å². The number of hydrogen-bond donors (Lipinski definition) is 0. The van der Waals surface area contributed by atoms with E-state index in [1.807, 2.05) is 36.4 Å². The minimum atomic E-state index is 0.577. The van der Waals surface area contributed by atoms with E-state index in [-0.39, 0.29) is 0 Å². The van der Waals surface area contributed by atoms with E-state index in [2.05, 4.69) is 173 Å².